The van der Waals surface area contributed by atoms with Crippen LogP contribution < -0.4 is 14.8 Å². The summed E-state index contributed by atoms with van der Waals surface area (Å²) < 4.78 is 105. The van der Waals surface area contributed by atoms with Crippen LogP contribution in [0.5, 0.6) is 11.5 Å². The molecule has 1 aliphatic rings. The van der Waals surface area contributed by atoms with Crippen LogP contribution in [0.25, 0.3) is 0 Å². The lowest BCUT2D eigenvalue weighted by Gasteiger charge is -2.42. The summed E-state index contributed by atoms with van der Waals surface area (Å²) in [5.74, 6) is -1.18. The van der Waals surface area contributed by atoms with Gasteiger partial charge in [-0.1, -0.05) is 42.5 Å². The standard InChI is InChI=1S/C29H31F3N2O3/c1-33-28(35)27(20-7-5-4-6-8-20)34-16-15-21-17-25(36-2)26(37-3)18-23(21)24(34)14-11-19-9-12-22(13-10-19)29(30,31)32/h4-10,12-13,17-18,24,27H,11,14-16H2,1-3H3,(H,33,35)/t24-,27+/m0/s1/i2D3,3D3,24D. The number of halogens is 3. The summed E-state index contributed by atoms with van der Waals surface area (Å²) in [7, 11) is -4.46. The molecule has 0 radical (unpaired) electrons. The van der Waals surface area contributed by atoms with Gasteiger partial charge in [-0.25, -0.2) is 0 Å². The fourth-order valence-corrected chi connectivity index (χ4v) is 4.70. The molecule has 2 atom stereocenters. The molecule has 1 N–H and O–H groups in total. The lowest BCUT2D eigenvalue weighted by molar-refractivity contribution is -0.137. The van der Waals surface area contributed by atoms with Crippen molar-refractivity contribution in [1.82, 2.24) is 10.2 Å². The highest BCUT2D eigenvalue weighted by molar-refractivity contribution is 5.83. The maximum atomic E-state index is 13.4. The van der Waals surface area contributed by atoms with Crippen molar-refractivity contribution >= 4 is 5.91 Å². The van der Waals surface area contributed by atoms with E-state index in [1.54, 1.807) is 35.2 Å². The number of amides is 1. The van der Waals surface area contributed by atoms with Gasteiger partial charge in [-0.2, -0.15) is 13.2 Å². The second kappa shape index (κ2) is 11.3. The van der Waals surface area contributed by atoms with Gasteiger partial charge in [0.1, 0.15) is 6.04 Å². The Morgan fingerprint density at radius 3 is 2.41 bits per heavy atom. The molecule has 0 fully saturated rings. The topological polar surface area (TPSA) is 50.8 Å². The molecule has 0 unspecified atom stereocenters. The summed E-state index contributed by atoms with van der Waals surface area (Å²) in [6, 6.07) is 13.2. The van der Waals surface area contributed by atoms with Crippen LogP contribution in [0.4, 0.5) is 13.2 Å². The van der Waals surface area contributed by atoms with Gasteiger partial charge in [-0.3, -0.25) is 9.69 Å². The van der Waals surface area contributed by atoms with Gasteiger partial charge in [0.15, 0.2) is 11.5 Å². The minimum atomic E-state index is -4.52. The predicted octanol–water partition coefficient (Wildman–Crippen LogP) is 5.74. The molecule has 4 rings (SSSR count). The van der Waals surface area contributed by atoms with E-state index in [0.717, 1.165) is 12.1 Å². The number of fused-ring (bicyclic) bond motifs is 1. The average molecular weight is 520 g/mol. The molecule has 1 heterocycles. The number of hydrogen-bond acceptors (Lipinski definition) is 4. The van der Waals surface area contributed by atoms with Gasteiger partial charge >= 0.3 is 6.18 Å². The molecule has 5 nitrogen and oxygen atoms in total. The highest BCUT2D eigenvalue weighted by Gasteiger charge is 2.37. The van der Waals surface area contributed by atoms with Crippen LogP contribution in [0.3, 0.4) is 0 Å². The molecular formula is C29H31F3N2O3. The summed E-state index contributed by atoms with van der Waals surface area (Å²) in [6.45, 7) is 0.156. The van der Waals surface area contributed by atoms with Crippen molar-refractivity contribution < 1.29 is 37.0 Å². The highest BCUT2D eigenvalue weighted by atomic mass is 19.4. The van der Waals surface area contributed by atoms with Crippen LogP contribution in [-0.2, 0) is 23.8 Å². The molecule has 0 saturated carbocycles. The summed E-state index contributed by atoms with van der Waals surface area (Å²) in [4.78, 5) is 15.0. The molecule has 0 saturated heterocycles. The second-order valence-corrected chi connectivity index (χ2v) is 8.67. The van der Waals surface area contributed by atoms with E-state index in [1.807, 2.05) is 0 Å². The van der Waals surface area contributed by atoms with Gasteiger partial charge in [0, 0.05) is 19.6 Å². The summed E-state index contributed by atoms with van der Waals surface area (Å²) in [6.07, 6.45) is -4.19. The molecule has 3 aromatic carbocycles. The number of hydrogen-bond donors (Lipinski definition) is 1. The Morgan fingerprint density at radius 1 is 1.11 bits per heavy atom. The maximum absolute atomic E-state index is 13.4. The van der Waals surface area contributed by atoms with Crippen LogP contribution >= 0.6 is 0 Å². The number of likely N-dealkylation sites (N-methyl/N-ethyl adjacent to an activating group) is 1. The van der Waals surface area contributed by atoms with Crippen molar-refractivity contribution in [3.05, 3.63) is 94.5 Å². The lowest BCUT2D eigenvalue weighted by Crippen LogP contribution is -2.44. The van der Waals surface area contributed by atoms with Gasteiger partial charge in [0.25, 0.3) is 0 Å². The third kappa shape index (κ3) is 5.74. The van der Waals surface area contributed by atoms with E-state index in [2.05, 4.69) is 5.32 Å². The quantitative estimate of drug-likeness (QED) is 0.412. The molecule has 0 spiro atoms. The maximum Gasteiger partial charge on any atom is 0.416 e. The zero-order chi connectivity index (χ0) is 32.5. The zero-order valence-electron chi connectivity index (χ0n) is 27.1. The van der Waals surface area contributed by atoms with E-state index in [-0.39, 0.29) is 37.1 Å². The third-order valence-corrected chi connectivity index (χ3v) is 6.52. The number of nitrogens with zero attached hydrogens (tertiary/aromatic N) is 1. The van der Waals surface area contributed by atoms with Crippen molar-refractivity contribution in [2.75, 3.05) is 27.7 Å². The first-order valence-electron chi connectivity index (χ1n) is 15.2. The van der Waals surface area contributed by atoms with E-state index < -0.39 is 49.5 Å². The van der Waals surface area contributed by atoms with Gasteiger partial charge in [0.05, 0.1) is 29.2 Å². The molecule has 1 amide bonds. The SMILES string of the molecule is [2H]C([2H])([2H])Oc1cc2c(cc1OC([2H])([2H])[2H])[C@]([2H])(CCc1ccc(C(F)(F)F)cc1)N([C@@H](C(=O)NC)c1ccccc1)CC2. The Morgan fingerprint density at radius 2 is 1.78 bits per heavy atom. The summed E-state index contributed by atoms with van der Waals surface area (Å²) in [5.41, 5.74) is 1.00. The van der Waals surface area contributed by atoms with Crippen LogP contribution in [0.15, 0.2) is 66.7 Å². The van der Waals surface area contributed by atoms with Crippen LogP contribution in [-0.4, -0.2) is 38.5 Å². The van der Waals surface area contributed by atoms with Gasteiger partial charge in [-0.15, -0.1) is 0 Å². The van der Waals surface area contributed by atoms with Gasteiger partial charge in [-0.05, 0) is 65.8 Å². The van der Waals surface area contributed by atoms with Gasteiger partial charge < -0.3 is 14.8 Å². The Hall–Kier alpha value is -3.52. The van der Waals surface area contributed by atoms with Crippen molar-refractivity contribution in [1.29, 1.82) is 0 Å². The lowest BCUT2D eigenvalue weighted by atomic mass is 9.86. The zero-order valence-corrected chi connectivity index (χ0v) is 20.1. The van der Waals surface area contributed by atoms with Crippen molar-refractivity contribution in [3.8, 4) is 11.5 Å². The fourth-order valence-electron chi connectivity index (χ4n) is 4.70. The number of alkyl halides is 3. The normalized spacial score (nSPS) is 22.0. The van der Waals surface area contributed by atoms with Gasteiger partial charge in [0.2, 0.25) is 5.91 Å². The first-order chi connectivity index (χ1) is 20.4. The van der Waals surface area contributed by atoms with Crippen LogP contribution in [0, 0.1) is 0 Å². The third-order valence-electron chi connectivity index (χ3n) is 6.52. The number of aryl methyl sites for hydroxylation is 1. The first kappa shape index (κ1) is 18.7. The monoisotopic (exact) mass is 519 g/mol. The molecule has 37 heavy (non-hydrogen) atoms. The van der Waals surface area contributed by atoms with Crippen molar-refractivity contribution in [2.45, 2.75) is 37.5 Å². The van der Waals surface area contributed by atoms with E-state index in [1.165, 1.54) is 31.3 Å². The Bertz CT molecular complexity index is 1470. The number of benzene rings is 3. The highest BCUT2D eigenvalue weighted by Crippen LogP contribution is 2.43. The van der Waals surface area contributed by atoms with E-state index >= 15 is 0 Å². The number of methoxy groups -OCH3 is 2. The van der Waals surface area contributed by atoms with E-state index in [4.69, 9.17) is 17.7 Å². The molecule has 0 aromatic heterocycles. The Kier molecular flexibility index (Phi) is 5.68. The molecule has 8 heteroatoms. The number of carbonyl (C=O) groups is 1. The summed E-state index contributed by atoms with van der Waals surface area (Å²) >= 11 is 0. The molecule has 196 valence electrons. The number of rotatable bonds is 8. The minimum Gasteiger partial charge on any atom is -0.493 e. The number of nitrogens with one attached hydrogen (secondary N) is 1. The minimum absolute atomic E-state index is 0.0294. The Labute approximate surface area is 225 Å². The van der Waals surface area contributed by atoms with E-state index in [9.17, 15) is 19.3 Å². The summed E-state index contributed by atoms with van der Waals surface area (Å²) in [5, 5.41) is 2.64. The fraction of sp³-hybridized carbons (Fsp3) is 0.345. The van der Waals surface area contributed by atoms with Crippen molar-refractivity contribution in [3.63, 3.8) is 0 Å². The van der Waals surface area contributed by atoms with Crippen LogP contribution in [0.2, 0.25) is 0 Å². The smallest absolute Gasteiger partial charge is 0.416 e. The average Bonchev–Trinajstić information content (AvgIpc) is 2.93. The van der Waals surface area contributed by atoms with Crippen LogP contribution in [0.1, 0.15) is 55.9 Å². The first-order valence-corrected chi connectivity index (χ1v) is 11.7. The molecular weight excluding hydrogens is 481 g/mol. The van der Waals surface area contributed by atoms with Crippen molar-refractivity contribution in [2.24, 2.45) is 0 Å². The molecule has 1 aliphatic heterocycles. The molecule has 0 aliphatic carbocycles. The number of carbonyl (C=O) groups excluding carboxylic acids is 1. The largest absolute Gasteiger partial charge is 0.493 e. The van der Waals surface area contributed by atoms with E-state index in [0.29, 0.717) is 16.7 Å². The molecule has 0 bridgehead atoms. The second-order valence-electron chi connectivity index (χ2n) is 8.67. The molecule has 3 aromatic rings. The number of ether oxygens (including phenoxy) is 2. The predicted molar refractivity (Wildman–Crippen MR) is 136 cm³/mol. The Balaban J connectivity index is 1.86.